The van der Waals surface area contributed by atoms with Crippen LogP contribution in [-0.2, 0) is 9.12 Å². The lowest BCUT2D eigenvalue weighted by molar-refractivity contribution is 0.742. The zero-order valence-corrected chi connectivity index (χ0v) is 18.7. The Balaban J connectivity index is 2.00. The highest BCUT2D eigenvalue weighted by Gasteiger charge is 2.75. The minimum atomic E-state index is -1.58. The maximum absolute atomic E-state index is 2.52. The monoisotopic (exact) mass is 388 g/mol. The van der Waals surface area contributed by atoms with E-state index in [1.807, 2.05) is 0 Å². The quantitative estimate of drug-likeness (QED) is 0.340. The second kappa shape index (κ2) is 6.39. The first-order chi connectivity index (χ1) is 12.8. The van der Waals surface area contributed by atoms with E-state index in [-0.39, 0.29) is 9.12 Å². The summed E-state index contributed by atoms with van der Waals surface area (Å²) in [6, 6.07) is 29.7. The predicted molar refractivity (Wildman–Crippen MR) is 122 cm³/mol. The molecule has 138 valence electrons. The molecule has 1 fully saturated rings. The summed E-state index contributed by atoms with van der Waals surface area (Å²) >= 11 is 2.17. The van der Waals surface area contributed by atoms with Crippen LogP contribution in [0.3, 0.4) is 0 Å². The second-order valence-corrected chi connectivity index (χ2v) is 15.9. The largest absolute Gasteiger partial charge is 0.133 e. The van der Waals surface area contributed by atoms with Crippen molar-refractivity contribution in [3.8, 4) is 0 Å². The number of rotatable bonds is 4. The van der Waals surface area contributed by atoms with Crippen LogP contribution in [0.25, 0.3) is 0 Å². The Morgan fingerprint density at radius 3 is 1.44 bits per heavy atom. The summed E-state index contributed by atoms with van der Waals surface area (Å²) in [5.41, 5.74) is 7.00. The molecular weight excluding hydrogens is 360 g/mol. The Kier molecular flexibility index (Phi) is 4.40. The van der Waals surface area contributed by atoms with Crippen molar-refractivity contribution in [3.63, 3.8) is 0 Å². The molecule has 0 radical (unpaired) electrons. The molecule has 1 heterocycles. The normalized spacial score (nSPS) is 21.1. The van der Waals surface area contributed by atoms with Gasteiger partial charge in [0.1, 0.15) is 0 Å². The van der Waals surface area contributed by atoms with Crippen molar-refractivity contribution >= 4 is 19.8 Å². The minimum absolute atomic E-state index is 0.000224. The molecule has 27 heavy (non-hydrogen) atoms. The van der Waals surface area contributed by atoms with E-state index in [9.17, 15) is 0 Å². The molecular formula is C25H28SSi. The van der Waals surface area contributed by atoms with Crippen LogP contribution in [0.1, 0.15) is 27.8 Å². The zero-order valence-electron chi connectivity index (χ0n) is 16.9. The Bertz CT molecular complexity index is 891. The molecule has 0 N–H and O–H groups in total. The third-order valence-corrected chi connectivity index (χ3v) is 12.7. The van der Waals surface area contributed by atoms with E-state index < -0.39 is 8.07 Å². The molecule has 3 aromatic carbocycles. The molecule has 1 aliphatic rings. The van der Waals surface area contributed by atoms with Crippen molar-refractivity contribution in [2.24, 2.45) is 0 Å². The highest BCUT2D eigenvalue weighted by molar-refractivity contribution is 8.11. The predicted octanol–water partition coefficient (Wildman–Crippen LogP) is 7.07. The average Bonchev–Trinajstić information content (AvgIpc) is 3.36. The molecule has 0 aromatic heterocycles. The van der Waals surface area contributed by atoms with Gasteiger partial charge in [-0.3, -0.25) is 0 Å². The Morgan fingerprint density at radius 2 is 1.04 bits per heavy atom. The third kappa shape index (κ3) is 2.73. The van der Waals surface area contributed by atoms with Crippen LogP contribution in [-0.4, -0.2) is 8.07 Å². The first-order valence-electron chi connectivity index (χ1n) is 9.71. The first kappa shape index (κ1) is 18.6. The molecule has 1 unspecified atom stereocenters. The first-order valence-corrected chi connectivity index (χ1v) is 14.0. The summed E-state index contributed by atoms with van der Waals surface area (Å²) in [6.45, 7) is 11.9. The Hall–Kier alpha value is -1.77. The Morgan fingerprint density at radius 1 is 0.593 bits per heavy atom. The van der Waals surface area contributed by atoms with Crippen LogP contribution in [0.2, 0.25) is 19.6 Å². The van der Waals surface area contributed by atoms with Crippen LogP contribution >= 0.6 is 11.8 Å². The molecule has 1 aliphatic heterocycles. The lowest BCUT2D eigenvalue weighted by atomic mass is 9.84. The molecule has 0 nitrogen and oxygen atoms in total. The number of hydrogen-bond acceptors (Lipinski definition) is 1. The summed E-state index contributed by atoms with van der Waals surface area (Å²) in [5.74, 6) is 0. The zero-order chi connectivity index (χ0) is 19.3. The fourth-order valence-corrected chi connectivity index (χ4v) is 11.0. The van der Waals surface area contributed by atoms with Gasteiger partial charge in [-0.15, -0.1) is 11.8 Å². The van der Waals surface area contributed by atoms with Crippen molar-refractivity contribution in [2.45, 2.75) is 42.6 Å². The van der Waals surface area contributed by atoms with Crippen molar-refractivity contribution in [3.05, 3.63) is 107 Å². The molecule has 1 atom stereocenters. The molecule has 2 heteroatoms. The lowest BCUT2D eigenvalue weighted by Crippen LogP contribution is -2.44. The van der Waals surface area contributed by atoms with E-state index in [1.54, 1.807) is 0 Å². The standard InChI is InChI=1S/C25H28SSi/c1-19-11-15-21(16-12-19)24(22-17-13-20(2)14-18-22)25(26-24,27(3,4)5)23-9-7-6-8-10-23/h6-18H,1-5H3. The molecule has 0 bridgehead atoms. The lowest BCUT2D eigenvalue weighted by Gasteiger charge is -2.34. The maximum atomic E-state index is 2.52. The summed E-state index contributed by atoms with van der Waals surface area (Å²) < 4.78 is 0.145. The van der Waals surface area contributed by atoms with Gasteiger partial charge < -0.3 is 0 Å². The van der Waals surface area contributed by atoms with Gasteiger partial charge in [0.05, 0.1) is 17.2 Å². The van der Waals surface area contributed by atoms with Gasteiger partial charge in [-0.25, -0.2) is 0 Å². The maximum Gasteiger partial charge on any atom is 0.0824 e. The Labute approximate surface area is 169 Å². The van der Waals surface area contributed by atoms with E-state index >= 15 is 0 Å². The van der Waals surface area contributed by atoms with Gasteiger partial charge in [0.2, 0.25) is 0 Å². The van der Waals surface area contributed by atoms with Gasteiger partial charge in [0.15, 0.2) is 0 Å². The number of aryl methyl sites for hydroxylation is 2. The average molecular weight is 389 g/mol. The van der Waals surface area contributed by atoms with Gasteiger partial charge in [0.25, 0.3) is 0 Å². The number of thioether (sulfide) groups is 1. The van der Waals surface area contributed by atoms with Gasteiger partial charge in [-0.05, 0) is 30.5 Å². The van der Waals surface area contributed by atoms with Crippen molar-refractivity contribution < 1.29 is 0 Å². The molecule has 1 saturated heterocycles. The third-order valence-electron chi connectivity index (χ3n) is 5.91. The molecule has 4 rings (SSSR count). The highest BCUT2D eigenvalue weighted by atomic mass is 32.2. The van der Waals surface area contributed by atoms with Crippen LogP contribution in [0.5, 0.6) is 0 Å². The van der Waals surface area contributed by atoms with E-state index in [4.69, 9.17) is 0 Å². The highest BCUT2D eigenvalue weighted by Crippen LogP contribution is 2.81. The van der Waals surface area contributed by atoms with Crippen LogP contribution in [0.15, 0.2) is 78.9 Å². The molecule has 0 amide bonds. The fraction of sp³-hybridized carbons (Fsp3) is 0.280. The van der Waals surface area contributed by atoms with Gasteiger partial charge >= 0.3 is 0 Å². The minimum Gasteiger partial charge on any atom is -0.133 e. The summed E-state index contributed by atoms with van der Waals surface area (Å²) in [6.07, 6.45) is 0. The number of benzene rings is 3. The SMILES string of the molecule is Cc1ccc(C2(c3ccc(C)cc3)SC2(c2ccccc2)[Si](C)(C)C)cc1. The van der Waals surface area contributed by atoms with Gasteiger partial charge in [0, 0.05) is 0 Å². The van der Waals surface area contributed by atoms with Gasteiger partial charge in [-0.1, -0.05) is 110 Å². The molecule has 3 aromatic rings. The fourth-order valence-electron chi connectivity index (χ4n) is 4.52. The van der Waals surface area contributed by atoms with Crippen LogP contribution in [0.4, 0.5) is 0 Å². The van der Waals surface area contributed by atoms with Gasteiger partial charge in [-0.2, -0.15) is 0 Å². The second-order valence-electron chi connectivity index (χ2n) is 8.81. The van der Waals surface area contributed by atoms with Crippen molar-refractivity contribution in [1.82, 2.24) is 0 Å². The van der Waals surface area contributed by atoms with E-state index in [2.05, 4.69) is 124 Å². The summed E-state index contributed by atoms with van der Waals surface area (Å²) in [5, 5.41) is 0. The van der Waals surface area contributed by atoms with Crippen molar-refractivity contribution in [1.29, 1.82) is 0 Å². The molecule has 0 spiro atoms. The molecule has 0 aliphatic carbocycles. The van der Waals surface area contributed by atoms with Crippen LogP contribution < -0.4 is 0 Å². The van der Waals surface area contributed by atoms with E-state index in [0.29, 0.717) is 0 Å². The summed E-state index contributed by atoms with van der Waals surface area (Å²) in [7, 11) is -1.58. The van der Waals surface area contributed by atoms with Crippen LogP contribution in [0, 0.1) is 13.8 Å². The number of hydrogen-bond donors (Lipinski definition) is 0. The topological polar surface area (TPSA) is 0 Å². The smallest absolute Gasteiger partial charge is 0.0824 e. The summed E-state index contributed by atoms with van der Waals surface area (Å²) in [4.78, 5) is 0. The van der Waals surface area contributed by atoms with E-state index in [1.165, 1.54) is 27.8 Å². The molecule has 0 saturated carbocycles. The van der Waals surface area contributed by atoms with Crippen molar-refractivity contribution in [2.75, 3.05) is 0 Å². The van der Waals surface area contributed by atoms with E-state index in [0.717, 1.165) is 0 Å².